The van der Waals surface area contributed by atoms with Gasteiger partial charge in [-0.05, 0) is 30.4 Å². The topological polar surface area (TPSA) is 47.3 Å². The lowest BCUT2D eigenvalue weighted by atomic mass is 9.82. The van der Waals surface area contributed by atoms with Crippen LogP contribution in [0.1, 0.15) is 19.8 Å². The van der Waals surface area contributed by atoms with Crippen LogP contribution in [0.25, 0.3) is 0 Å². The van der Waals surface area contributed by atoms with Gasteiger partial charge >= 0.3 is 0 Å². The smallest absolute Gasteiger partial charge is 0.183 e. The number of hydrogen-bond donors (Lipinski definition) is 2. The highest BCUT2D eigenvalue weighted by molar-refractivity contribution is 5.66. The second-order valence-electron chi connectivity index (χ2n) is 5.10. The van der Waals surface area contributed by atoms with Crippen LogP contribution in [0.15, 0.2) is 12.1 Å². The number of nitrogen functional groups attached to an aromatic ring is 1. The van der Waals surface area contributed by atoms with E-state index in [2.05, 4.69) is 12.2 Å². The minimum atomic E-state index is -0.911. The summed E-state index contributed by atoms with van der Waals surface area (Å²) < 4.78 is 32.0. The third kappa shape index (κ3) is 2.72. The monoisotopic (exact) mass is 256 g/mol. The van der Waals surface area contributed by atoms with Crippen LogP contribution in [0.4, 0.5) is 20.2 Å². The highest BCUT2D eigenvalue weighted by Gasteiger charge is 2.27. The van der Waals surface area contributed by atoms with Crippen molar-refractivity contribution in [3.8, 4) is 0 Å². The van der Waals surface area contributed by atoms with Crippen LogP contribution >= 0.6 is 0 Å². The molecule has 1 aromatic carbocycles. The average Bonchev–Trinajstić information content (AvgIpc) is 2.35. The second kappa shape index (κ2) is 5.10. The number of benzene rings is 1. The molecule has 0 aliphatic carbocycles. The van der Waals surface area contributed by atoms with E-state index in [9.17, 15) is 8.78 Å². The van der Waals surface area contributed by atoms with Gasteiger partial charge in [0, 0.05) is 19.8 Å². The van der Waals surface area contributed by atoms with E-state index in [-0.39, 0.29) is 16.8 Å². The van der Waals surface area contributed by atoms with Crippen molar-refractivity contribution in [3.63, 3.8) is 0 Å². The van der Waals surface area contributed by atoms with Gasteiger partial charge in [0.1, 0.15) is 0 Å². The van der Waals surface area contributed by atoms with Gasteiger partial charge in [0.15, 0.2) is 11.6 Å². The molecule has 1 aromatic rings. The molecule has 3 N–H and O–H groups in total. The summed E-state index contributed by atoms with van der Waals surface area (Å²) in [5.74, 6) is -1.80. The third-order valence-corrected chi connectivity index (χ3v) is 3.52. The predicted octanol–water partition coefficient (Wildman–Crippen LogP) is 2.78. The summed E-state index contributed by atoms with van der Waals surface area (Å²) in [6.07, 6.45) is 1.80. The number of halogens is 2. The highest BCUT2D eigenvalue weighted by atomic mass is 19.2. The molecular weight excluding hydrogens is 238 g/mol. The number of ether oxygens (including phenoxy) is 1. The summed E-state index contributed by atoms with van der Waals surface area (Å²) in [6, 6.07) is 2.40. The molecule has 1 aliphatic heterocycles. The lowest BCUT2D eigenvalue weighted by Crippen LogP contribution is -2.33. The van der Waals surface area contributed by atoms with Gasteiger partial charge in [-0.25, -0.2) is 8.78 Å². The summed E-state index contributed by atoms with van der Waals surface area (Å²) >= 11 is 0. The minimum Gasteiger partial charge on any atom is -0.397 e. The highest BCUT2D eigenvalue weighted by Crippen LogP contribution is 2.32. The molecule has 0 saturated carbocycles. The normalized spacial score (nSPS) is 18.6. The van der Waals surface area contributed by atoms with Gasteiger partial charge in [-0.15, -0.1) is 0 Å². The summed E-state index contributed by atoms with van der Waals surface area (Å²) in [7, 11) is 0. The summed E-state index contributed by atoms with van der Waals surface area (Å²) in [6.45, 7) is 4.08. The largest absolute Gasteiger partial charge is 0.397 e. The van der Waals surface area contributed by atoms with Crippen molar-refractivity contribution in [1.29, 1.82) is 0 Å². The standard InChI is InChI=1S/C13H18F2N2O/c1-13(4-6-18-7-5-13)8-17-12-10(16)3-2-9(14)11(12)15/h2-3,17H,4-8,16H2,1H3. The van der Waals surface area contributed by atoms with Gasteiger partial charge in [0.2, 0.25) is 0 Å². The fraction of sp³-hybridized carbons (Fsp3) is 0.538. The fourth-order valence-corrected chi connectivity index (χ4v) is 2.09. The summed E-state index contributed by atoms with van der Waals surface area (Å²) in [5, 5.41) is 2.94. The molecule has 1 saturated heterocycles. The molecule has 0 unspecified atom stereocenters. The zero-order valence-electron chi connectivity index (χ0n) is 10.4. The zero-order chi connectivity index (χ0) is 13.2. The van der Waals surface area contributed by atoms with Crippen molar-refractivity contribution >= 4 is 11.4 Å². The van der Waals surface area contributed by atoms with Crippen molar-refractivity contribution in [2.24, 2.45) is 5.41 Å². The summed E-state index contributed by atoms with van der Waals surface area (Å²) in [5.41, 5.74) is 5.97. The molecule has 0 radical (unpaired) electrons. The van der Waals surface area contributed by atoms with E-state index in [0.29, 0.717) is 19.8 Å². The van der Waals surface area contributed by atoms with Gasteiger partial charge < -0.3 is 15.8 Å². The Bertz CT molecular complexity index is 431. The van der Waals surface area contributed by atoms with E-state index < -0.39 is 11.6 Å². The van der Waals surface area contributed by atoms with Crippen LogP contribution in [-0.4, -0.2) is 19.8 Å². The maximum absolute atomic E-state index is 13.6. The first kappa shape index (κ1) is 13.1. The van der Waals surface area contributed by atoms with Crippen LogP contribution < -0.4 is 11.1 Å². The SMILES string of the molecule is CC1(CNc2c(N)ccc(F)c2F)CCOCC1. The van der Waals surface area contributed by atoms with Gasteiger partial charge in [0.05, 0.1) is 11.4 Å². The quantitative estimate of drug-likeness (QED) is 0.817. The molecule has 0 atom stereocenters. The molecule has 2 rings (SSSR count). The molecule has 18 heavy (non-hydrogen) atoms. The van der Waals surface area contributed by atoms with E-state index in [1.54, 1.807) is 0 Å². The second-order valence-corrected chi connectivity index (χ2v) is 5.10. The third-order valence-electron chi connectivity index (χ3n) is 3.52. The Morgan fingerprint density at radius 1 is 1.33 bits per heavy atom. The number of rotatable bonds is 3. The van der Waals surface area contributed by atoms with Gasteiger partial charge in [-0.3, -0.25) is 0 Å². The van der Waals surface area contributed by atoms with E-state index in [0.717, 1.165) is 18.9 Å². The molecule has 100 valence electrons. The number of anilines is 2. The maximum Gasteiger partial charge on any atom is 0.183 e. The lowest BCUT2D eigenvalue weighted by molar-refractivity contribution is 0.0300. The van der Waals surface area contributed by atoms with E-state index in [1.165, 1.54) is 6.07 Å². The van der Waals surface area contributed by atoms with E-state index in [1.807, 2.05) is 0 Å². The molecule has 0 aromatic heterocycles. The molecule has 1 aliphatic rings. The minimum absolute atomic E-state index is 0.0312. The Kier molecular flexibility index (Phi) is 3.71. The molecule has 1 fully saturated rings. The number of nitrogens with two attached hydrogens (primary N) is 1. The molecule has 0 bridgehead atoms. The molecule has 3 nitrogen and oxygen atoms in total. The number of hydrogen-bond acceptors (Lipinski definition) is 3. The first-order valence-corrected chi connectivity index (χ1v) is 6.07. The summed E-state index contributed by atoms with van der Waals surface area (Å²) in [4.78, 5) is 0. The molecule has 0 amide bonds. The van der Waals surface area contributed by atoms with Crippen LogP contribution in [0.5, 0.6) is 0 Å². The lowest BCUT2D eigenvalue weighted by Gasteiger charge is -2.34. The molecule has 0 spiro atoms. The van der Waals surface area contributed by atoms with Crippen molar-refractivity contribution in [1.82, 2.24) is 0 Å². The molecule has 1 heterocycles. The Morgan fingerprint density at radius 2 is 2.00 bits per heavy atom. The van der Waals surface area contributed by atoms with Gasteiger partial charge in [-0.1, -0.05) is 6.92 Å². The first-order chi connectivity index (χ1) is 8.52. The van der Waals surface area contributed by atoms with Crippen molar-refractivity contribution < 1.29 is 13.5 Å². The fourth-order valence-electron chi connectivity index (χ4n) is 2.09. The van der Waals surface area contributed by atoms with Crippen molar-refractivity contribution in [2.45, 2.75) is 19.8 Å². The Labute approximate surface area is 105 Å². The van der Waals surface area contributed by atoms with Crippen LogP contribution in [-0.2, 0) is 4.74 Å². The van der Waals surface area contributed by atoms with Crippen molar-refractivity contribution in [2.75, 3.05) is 30.8 Å². The number of nitrogens with one attached hydrogen (secondary N) is 1. The van der Waals surface area contributed by atoms with Gasteiger partial charge in [0.25, 0.3) is 0 Å². The maximum atomic E-state index is 13.6. The predicted molar refractivity (Wildman–Crippen MR) is 67.4 cm³/mol. The van der Waals surface area contributed by atoms with E-state index in [4.69, 9.17) is 10.5 Å². The Morgan fingerprint density at radius 3 is 2.67 bits per heavy atom. The first-order valence-electron chi connectivity index (χ1n) is 6.07. The van der Waals surface area contributed by atoms with Gasteiger partial charge in [-0.2, -0.15) is 0 Å². The van der Waals surface area contributed by atoms with E-state index >= 15 is 0 Å². The molecule has 5 heteroatoms. The van der Waals surface area contributed by atoms with Crippen LogP contribution in [0.2, 0.25) is 0 Å². The Balaban J connectivity index is 2.08. The average molecular weight is 256 g/mol. The van der Waals surface area contributed by atoms with Crippen molar-refractivity contribution in [3.05, 3.63) is 23.8 Å². The van der Waals surface area contributed by atoms with Crippen LogP contribution in [0.3, 0.4) is 0 Å². The zero-order valence-corrected chi connectivity index (χ0v) is 10.4. The Hall–Kier alpha value is -1.36. The molecular formula is C13H18F2N2O. The van der Waals surface area contributed by atoms with Crippen LogP contribution in [0, 0.1) is 17.0 Å².